The van der Waals surface area contributed by atoms with Crippen molar-refractivity contribution >= 4 is 21.9 Å². The molecule has 0 amide bonds. The molecule has 0 fully saturated rings. The van der Waals surface area contributed by atoms with E-state index in [1.54, 1.807) is 18.2 Å². The molecule has 0 spiro atoms. The van der Waals surface area contributed by atoms with Gasteiger partial charge in [0.1, 0.15) is 17.9 Å². The average molecular weight is 289 g/mol. The number of aromatic carboxylic acids is 1. The molecule has 16 heavy (non-hydrogen) atoms. The largest absolute Gasteiger partial charge is 0.490 e. The Hall–Kier alpha value is -1.07. The molecule has 1 aromatic rings. The van der Waals surface area contributed by atoms with E-state index in [0.717, 1.165) is 0 Å². The molecule has 0 aliphatic heterocycles. The number of halogens is 1. The van der Waals surface area contributed by atoms with Gasteiger partial charge in [-0.2, -0.15) is 0 Å². The molecule has 0 bridgehead atoms. The van der Waals surface area contributed by atoms with Crippen LogP contribution in [0.4, 0.5) is 0 Å². The summed E-state index contributed by atoms with van der Waals surface area (Å²) in [5.41, 5.74) is 0.138. The number of carbonyl (C=O) groups is 1. The highest BCUT2D eigenvalue weighted by Gasteiger charge is 2.14. The second-order valence-electron chi connectivity index (χ2n) is 2.96. The number of hydrogen-bond acceptors (Lipinski definition) is 3. The maximum Gasteiger partial charge on any atom is 0.340 e. The summed E-state index contributed by atoms with van der Waals surface area (Å²) in [5.74, 6) is -0.666. The first-order chi connectivity index (χ1) is 7.66. The van der Waals surface area contributed by atoms with Gasteiger partial charge in [-0.15, -0.1) is 0 Å². The number of carboxylic acid groups (broad SMARTS) is 1. The Labute approximate surface area is 102 Å². The topological polar surface area (TPSA) is 55.8 Å². The van der Waals surface area contributed by atoms with E-state index in [9.17, 15) is 4.79 Å². The summed E-state index contributed by atoms with van der Waals surface area (Å²) >= 11 is 3.18. The van der Waals surface area contributed by atoms with Crippen molar-refractivity contribution in [3.8, 4) is 5.75 Å². The van der Waals surface area contributed by atoms with Gasteiger partial charge >= 0.3 is 5.97 Å². The summed E-state index contributed by atoms with van der Waals surface area (Å²) in [7, 11) is 0. The van der Waals surface area contributed by atoms with Crippen LogP contribution in [0, 0.1) is 0 Å². The third kappa shape index (κ3) is 3.50. The van der Waals surface area contributed by atoms with Gasteiger partial charge in [0.05, 0.1) is 6.61 Å². The van der Waals surface area contributed by atoms with Crippen LogP contribution in [0.15, 0.2) is 22.7 Å². The lowest BCUT2D eigenvalue weighted by molar-refractivity contribution is 0.0685. The van der Waals surface area contributed by atoms with E-state index >= 15 is 0 Å². The van der Waals surface area contributed by atoms with Gasteiger partial charge in [-0.3, -0.25) is 0 Å². The Morgan fingerprint density at radius 1 is 1.44 bits per heavy atom. The molecule has 5 heteroatoms. The van der Waals surface area contributed by atoms with E-state index in [2.05, 4.69) is 15.9 Å². The third-order valence-electron chi connectivity index (χ3n) is 1.88. The molecule has 0 saturated carbocycles. The lowest BCUT2D eigenvalue weighted by atomic mass is 10.2. The van der Waals surface area contributed by atoms with E-state index in [4.69, 9.17) is 14.6 Å². The summed E-state index contributed by atoms with van der Waals surface area (Å²) in [4.78, 5) is 11.0. The molecule has 0 unspecified atom stereocenters. The molecular formula is C11H13BrO4. The summed E-state index contributed by atoms with van der Waals surface area (Å²) in [6, 6.07) is 5.02. The second-order valence-corrected chi connectivity index (χ2v) is 3.82. The smallest absolute Gasteiger partial charge is 0.340 e. The number of ether oxygens (including phenoxy) is 2. The summed E-state index contributed by atoms with van der Waals surface area (Å²) in [6.07, 6.45) is 0. The predicted molar refractivity (Wildman–Crippen MR) is 63.1 cm³/mol. The van der Waals surface area contributed by atoms with Crippen molar-refractivity contribution in [3.05, 3.63) is 28.2 Å². The lowest BCUT2D eigenvalue weighted by Crippen LogP contribution is -2.09. The molecule has 1 rings (SSSR count). The van der Waals surface area contributed by atoms with Crippen LogP contribution in [0.25, 0.3) is 0 Å². The highest BCUT2D eigenvalue weighted by Crippen LogP contribution is 2.26. The molecule has 1 aromatic carbocycles. The van der Waals surface area contributed by atoms with Crippen molar-refractivity contribution in [1.82, 2.24) is 0 Å². The second kappa shape index (κ2) is 6.50. The Morgan fingerprint density at radius 3 is 2.81 bits per heavy atom. The highest BCUT2D eigenvalue weighted by atomic mass is 79.9. The Morgan fingerprint density at radius 2 is 2.19 bits per heavy atom. The van der Waals surface area contributed by atoms with Gasteiger partial charge in [-0.05, 0) is 35.0 Å². The molecule has 0 aliphatic rings. The van der Waals surface area contributed by atoms with Crippen LogP contribution in [-0.4, -0.2) is 30.9 Å². The molecule has 0 aromatic heterocycles. The van der Waals surface area contributed by atoms with Crippen LogP contribution >= 0.6 is 15.9 Å². The molecule has 1 N–H and O–H groups in total. The van der Waals surface area contributed by atoms with Gasteiger partial charge in [0, 0.05) is 11.1 Å². The first-order valence-electron chi connectivity index (χ1n) is 4.89. The maximum absolute atomic E-state index is 11.0. The standard InChI is InChI=1S/C11H13BrO4/c1-2-15-6-7-16-9-5-3-4-8(12)10(9)11(13)14/h3-5H,2,6-7H2,1H3,(H,13,14). The molecule has 88 valence electrons. The Kier molecular flexibility index (Phi) is 5.28. The summed E-state index contributed by atoms with van der Waals surface area (Å²) in [5, 5.41) is 9.01. The van der Waals surface area contributed by atoms with Gasteiger partial charge < -0.3 is 14.6 Å². The van der Waals surface area contributed by atoms with Crippen molar-refractivity contribution in [1.29, 1.82) is 0 Å². The molecule has 0 atom stereocenters. The van der Waals surface area contributed by atoms with E-state index < -0.39 is 5.97 Å². The van der Waals surface area contributed by atoms with Crippen molar-refractivity contribution in [2.75, 3.05) is 19.8 Å². The Bertz CT molecular complexity index is 365. The van der Waals surface area contributed by atoms with Crippen molar-refractivity contribution < 1.29 is 19.4 Å². The van der Waals surface area contributed by atoms with Crippen LogP contribution in [0.3, 0.4) is 0 Å². The van der Waals surface area contributed by atoms with Gasteiger partial charge in [-0.25, -0.2) is 4.79 Å². The minimum atomic E-state index is -1.01. The fraction of sp³-hybridized carbons (Fsp3) is 0.364. The van der Waals surface area contributed by atoms with E-state index in [0.29, 0.717) is 30.0 Å². The van der Waals surface area contributed by atoms with Gasteiger partial charge in [0.15, 0.2) is 0 Å². The summed E-state index contributed by atoms with van der Waals surface area (Å²) < 4.78 is 11.0. The Balaban J connectivity index is 2.71. The van der Waals surface area contributed by atoms with Gasteiger partial charge in [0.25, 0.3) is 0 Å². The predicted octanol–water partition coefficient (Wildman–Crippen LogP) is 2.56. The van der Waals surface area contributed by atoms with E-state index in [1.807, 2.05) is 6.92 Å². The molecule has 4 nitrogen and oxygen atoms in total. The number of hydrogen-bond donors (Lipinski definition) is 1. The fourth-order valence-corrected chi connectivity index (χ4v) is 1.70. The van der Waals surface area contributed by atoms with Crippen LogP contribution in [0.5, 0.6) is 5.75 Å². The normalized spacial score (nSPS) is 10.1. The zero-order valence-electron chi connectivity index (χ0n) is 8.90. The van der Waals surface area contributed by atoms with Crippen molar-refractivity contribution in [2.24, 2.45) is 0 Å². The van der Waals surface area contributed by atoms with Crippen molar-refractivity contribution in [3.63, 3.8) is 0 Å². The molecule has 0 heterocycles. The zero-order chi connectivity index (χ0) is 12.0. The zero-order valence-corrected chi connectivity index (χ0v) is 10.5. The monoisotopic (exact) mass is 288 g/mol. The van der Waals surface area contributed by atoms with Gasteiger partial charge in [-0.1, -0.05) is 6.07 Å². The molecular weight excluding hydrogens is 276 g/mol. The van der Waals surface area contributed by atoms with E-state index in [1.165, 1.54) is 0 Å². The quantitative estimate of drug-likeness (QED) is 0.818. The van der Waals surface area contributed by atoms with Crippen LogP contribution in [0.2, 0.25) is 0 Å². The molecule has 0 saturated heterocycles. The SMILES string of the molecule is CCOCCOc1cccc(Br)c1C(=O)O. The maximum atomic E-state index is 11.0. The first kappa shape index (κ1) is 13.0. The highest BCUT2D eigenvalue weighted by molar-refractivity contribution is 9.10. The number of carboxylic acids is 1. The fourth-order valence-electron chi connectivity index (χ4n) is 1.19. The van der Waals surface area contributed by atoms with Crippen LogP contribution < -0.4 is 4.74 Å². The molecule has 0 radical (unpaired) electrons. The number of rotatable bonds is 6. The minimum absolute atomic E-state index is 0.138. The van der Waals surface area contributed by atoms with Crippen LogP contribution in [0.1, 0.15) is 17.3 Å². The lowest BCUT2D eigenvalue weighted by Gasteiger charge is -2.10. The number of benzene rings is 1. The third-order valence-corrected chi connectivity index (χ3v) is 2.54. The van der Waals surface area contributed by atoms with Crippen molar-refractivity contribution in [2.45, 2.75) is 6.92 Å². The average Bonchev–Trinajstić information content (AvgIpc) is 2.24. The van der Waals surface area contributed by atoms with E-state index in [-0.39, 0.29) is 5.56 Å². The summed E-state index contributed by atoms with van der Waals surface area (Å²) in [6.45, 7) is 3.29. The first-order valence-corrected chi connectivity index (χ1v) is 5.68. The van der Waals surface area contributed by atoms with Gasteiger partial charge in [0.2, 0.25) is 0 Å². The molecule has 0 aliphatic carbocycles. The van der Waals surface area contributed by atoms with Crippen LogP contribution in [-0.2, 0) is 4.74 Å². The minimum Gasteiger partial charge on any atom is -0.490 e.